The van der Waals surface area contributed by atoms with Gasteiger partial charge in [-0.1, -0.05) is 6.92 Å². The van der Waals surface area contributed by atoms with E-state index < -0.39 is 11.6 Å². The molecule has 0 spiro atoms. The van der Waals surface area contributed by atoms with Gasteiger partial charge in [-0.15, -0.1) is 11.3 Å². The molecule has 1 fully saturated rings. The Morgan fingerprint density at radius 2 is 2.10 bits per heavy atom. The van der Waals surface area contributed by atoms with Crippen LogP contribution < -0.4 is 5.32 Å². The Hall–Kier alpha value is -1.33. The molecule has 5 heteroatoms. The lowest BCUT2D eigenvalue weighted by atomic mass is 10.2. The normalized spacial score (nSPS) is 14.8. The average Bonchev–Trinajstić information content (AvgIpc) is 3.20. The highest BCUT2D eigenvalue weighted by Crippen LogP contribution is 2.44. The molecule has 3 rings (SSSR count). The first-order chi connectivity index (χ1) is 9.69. The van der Waals surface area contributed by atoms with Crippen molar-refractivity contribution in [2.24, 2.45) is 0 Å². The Morgan fingerprint density at radius 3 is 2.75 bits per heavy atom. The molecule has 1 N–H and O–H groups in total. The Kier molecular flexibility index (Phi) is 3.81. The third-order valence-corrected chi connectivity index (χ3v) is 4.51. The fraction of sp³-hybridized carbons (Fsp3) is 0.400. The van der Waals surface area contributed by atoms with E-state index >= 15 is 0 Å². The lowest BCUT2D eigenvalue weighted by molar-refractivity contribution is 0.509. The number of hydrogen-bond donors (Lipinski definition) is 1. The molecule has 1 aromatic heterocycles. The van der Waals surface area contributed by atoms with Crippen LogP contribution in [0.3, 0.4) is 0 Å². The minimum absolute atomic E-state index is 0.555. The predicted molar refractivity (Wildman–Crippen MR) is 76.8 cm³/mol. The van der Waals surface area contributed by atoms with Gasteiger partial charge in [0, 0.05) is 22.9 Å². The summed E-state index contributed by atoms with van der Waals surface area (Å²) in [6, 6.07) is 3.97. The maximum absolute atomic E-state index is 13.3. The number of rotatable bonds is 5. The van der Waals surface area contributed by atoms with Crippen LogP contribution in [-0.4, -0.2) is 11.5 Å². The second-order valence-electron chi connectivity index (χ2n) is 5.01. The monoisotopic (exact) mass is 294 g/mol. The molecule has 0 radical (unpaired) electrons. The molecule has 0 atom stereocenters. The van der Waals surface area contributed by atoms with E-state index in [0.717, 1.165) is 29.9 Å². The molecule has 1 heterocycles. The molecule has 2 nitrogen and oxygen atoms in total. The number of halogens is 2. The molecule has 0 saturated heterocycles. The van der Waals surface area contributed by atoms with Crippen LogP contribution in [0.25, 0.3) is 10.6 Å². The van der Waals surface area contributed by atoms with Gasteiger partial charge in [0.25, 0.3) is 0 Å². The summed E-state index contributed by atoms with van der Waals surface area (Å²) in [7, 11) is 0. The van der Waals surface area contributed by atoms with Crippen LogP contribution in [0.1, 0.15) is 36.3 Å². The zero-order valence-corrected chi connectivity index (χ0v) is 12.1. The summed E-state index contributed by atoms with van der Waals surface area (Å²) in [5.74, 6) is -1.08. The molecular formula is C15H16F2N2S. The molecular weight excluding hydrogens is 278 g/mol. The van der Waals surface area contributed by atoms with Crippen LogP contribution in [0.15, 0.2) is 18.2 Å². The lowest BCUT2D eigenvalue weighted by Gasteiger charge is -2.00. The number of benzene rings is 1. The smallest absolute Gasteiger partial charge is 0.159 e. The van der Waals surface area contributed by atoms with Gasteiger partial charge in [-0.05, 0) is 37.6 Å². The second kappa shape index (κ2) is 5.58. The van der Waals surface area contributed by atoms with Crippen LogP contribution in [0.4, 0.5) is 8.78 Å². The molecule has 1 aliphatic rings. The van der Waals surface area contributed by atoms with Crippen molar-refractivity contribution in [1.29, 1.82) is 0 Å². The summed E-state index contributed by atoms with van der Waals surface area (Å²) >= 11 is 1.57. The third kappa shape index (κ3) is 2.74. The standard InChI is InChI=1S/C15H16F2N2S/c1-2-18-8-13-14(9-3-4-9)19-15(20-13)10-5-6-11(16)12(17)7-10/h5-7,9,18H,2-4,8H2,1H3. The molecule has 1 aromatic carbocycles. The van der Waals surface area contributed by atoms with E-state index in [1.165, 1.54) is 23.8 Å². The minimum Gasteiger partial charge on any atom is -0.312 e. The zero-order valence-electron chi connectivity index (χ0n) is 11.2. The summed E-state index contributed by atoms with van der Waals surface area (Å²) in [5.41, 5.74) is 1.79. The van der Waals surface area contributed by atoms with Crippen LogP contribution in [0, 0.1) is 11.6 Å². The van der Waals surface area contributed by atoms with Gasteiger partial charge in [-0.2, -0.15) is 0 Å². The number of aromatic nitrogens is 1. The van der Waals surface area contributed by atoms with Gasteiger partial charge in [0.05, 0.1) is 5.69 Å². The molecule has 1 saturated carbocycles. The zero-order chi connectivity index (χ0) is 14.1. The Bertz CT molecular complexity index is 620. The van der Waals surface area contributed by atoms with E-state index in [9.17, 15) is 8.78 Å². The van der Waals surface area contributed by atoms with Crippen LogP contribution in [-0.2, 0) is 6.54 Å². The maximum Gasteiger partial charge on any atom is 0.159 e. The summed E-state index contributed by atoms with van der Waals surface area (Å²) in [4.78, 5) is 5.87. The highest BCUT2D eigenvalue weighted by Gasteiger charge is 2.29. The van der Waals surface area contributed by atoms with Crippen LogP contribution >= 0.6 is 11.3 Å². The number of thiazole rings is 1. The van der Waals surface area contributed by atoms with E-state index in [1.807, 2.05) is 0 Å². The van der Waals surface area contributed by atoms with Crippen LogP contribution in [0.5, 0.6) is 0 Å². The van der Waals surface area contributed by atoms with Gasteiger partial charge in [-0.3, -0.25) is 0 Å². The first-order valence-electron chi connectivity index (χ1n) is 6.84. The van der Waals surface area contributed by atoms with Crippen molar-refractivity contribution in [3.63, 3.8) is 0 Å². The number of hydrogen-bond acceptors (Lipinski definition) is 3. The fourth-order valence-corrected chi connectivity index (χ4v) is 3.27. The maximum atomic E-state index is 13.3. The SMILES string of the molecule is CCNCc1sc(-c2ccc(F)c(F)c2)nc1C1CC1. The lowest BCUT2D eigenvalue weighted by Crippen LogP contribution is -2.11. The number of nitrogens with one attached hydrogen (secondary N) is 1. The quantitative estimate of drug-likeness (QED) is 0.899. The molecule has 20 heavy (non-hydrogen) atoms. The second-order valence-corrected chi connectivity index (χ2v) is 6.09. The molecule has 1 aliphatic carbocycles. The van der Waals surface area contributed by atoms with Crippen molar-refractivity contribution in [2.75, 3.05) is 6.54 Å². The van der Waals surface area contributed by atoms with Gasteiger partial charge in [0.2, 0.25) is 0 Å². The third-order valence-electron chi connectivity index (χ3n) is 3.39. The van der Waals surface area contributed by atoms with E-state index in [0.29, 0.717) is 11.5 Å². The number of nitrogens with zero attached hydrogens (tertiary/aromatic N) is 1. The molecule has 2 aromatic rings. The van der Waals surface area contributed by atoms with Crippen LogP contribution in [0.2, 0.25) is 0 Å². The first-order valence-corrected chi connectivity index (χ1v) is 7.66. The average molecular weight is 294 g/mol. The van der Waals surface area contributed by atoms with Gasteiger partial charge in [-0.25, -0.2) is 13.8 Å². The van der Waals surface area contributed by atoms with Gasteiger partial charge in [0.15, 0.2) is 11.6 Å². The van der Waals surface area contributed by atoms with E-state index in [2.05, 4.69) is 17.2 Å². The molecule has 0 amide bonds. The predicted octanol–water partition coefficient (Wildman–Crippen LogP) is 4.08. The van der Waals surface area contributed by atoms with Gasteiger partial charge < -0.3 is 5.32 Å². The molecule has 0 unspecified atom stereocenters. The molecule has 106 valence electrons. The Balaban J connectivity index is 1.94. The fourth-order valence-electron chi connectivity index (χ4n) is 2.16. The largest absolute Gasteiger partial charge is 0.312 e. The van der Waals surface area contributed by atoms with Gasteiger partial charge in [0.1, 0.15) is 5.01 Å². The summed E-state index contributed by atoms with van der Waals surface area (Å²) in [6.45, 7) is 3.76. The summed E-state index contributed by atoms with van der Waals surface area (Å²) < 4.78 is 26.3. The topological polar surface area (TPSA) is 24.9 Å². The van der Waals surface area contributed by atoms with E-state index in [-0.39, 0.29) is 0 Å². The Morgan fingerprint density at radius 1 is 1.30 bits per heavy atom. The summed E-state index contributed by atoms with van der Waals surface area (Å²) in [5, 5.41) is 4.09. The van der Waals surface area contributed by atoms with Crippen molar-refractivity contribution in [3.8, 4) is 10.6 Å². The van der Waals surface area contributed by atoms with Crippen molar-refractivity contribution < 1.29 is 8.78 Å². The highest BCUT2D eigenvalue weighted by molar-refractivity contribution is 7.15. The van der Waals surface area contributed by atoms with Gasteiger partial charge >= 0.3 is 0 Å². The highest BCUT2D eigenvalue weighted by atomic mass is 32.1. The van der Waals surface area contributed by atoms with E-state index in [1.54, 1.807) is 17.4 Å². The molecule has 0 bridgehead atoms. The van der Waals surface area contributed by atoms with Crippen molar-refractivity contribution in [1.82, 2.24) is 10.3 Å². The van der Waals surface area contributed by atoms with Crippen molar-refractivity contribution in [2.45, 2.75) is 32.2 Å². The van der Waals surface area contributed by atoms with Crippen molar-refractivity contribution in [3.05, 3.63) is 40.4 Å². The van der Waals surface area contributed by atoms with E-state index in [4.69, 9.17) is 0 Å². The minimum atomic E-state index is -0.820. The summed E-state index contributed by atoms with van der Waals surface area (Å²) in [6.07, 6.45) is 2.36. The first kappa shape index (κ1) is 13.6. The van der Waals surface area contributed by atoms with Crippen molar-refractivity contribution >= 4 is 11.3 Å². The Labute approximate surface area is 120 Å². The molecule has 0 aliphatic heterocycles.